The number of hydrogen-bond acceptors (Lipinski definition) is 3. The van der Waals surface area contributed by atoms with Crippen LogP contribution < -0.4 is 0 Å². The Kier molecular flexibility index (Phi) is 2.05. The van der Waals surface area contributed by atoms with Crippen LogP contribution in [0, 0.1) is 0 Å². The van der Waals surface area contributed by atoms with Crippen LogP contribution in [0.5, 0.6) is 0 Å². The molecule has 0 saturated carbocycles. The molecule has 15 heavy (non-hydrogen) atoms. The highest BCUT2D eigenvalue weighted by atomic mass is 32.1. The molecule has 1 aliphatic carbocycles. The number of fused-ring (bicyclic) bond motifs is 1. The van der Waals surface area contributed by atoms with E-state index in [0.29, 0.717) is 0 Å². The van der Waals surface area contributed by atoms with Gasteiger partial charge in [-0.15, -0.1) is 12.6 Å². The first kappa shape index (κ1) is 10.4. The lowest BCUT2D eigenvalue weighted by Crippen LogP contribution is -2.57. The Labute approximate surface area is 94.1 Å². The topological polar surface area (TPSA) is 34.1 Å². The highest BCUT2D eigenvalue weighted by molar-refractivity contribution is 7.80. The molecule has 2 atom stereocenters. The van der Waals surface area contributed by atoms with Crippen molar-refractivity contribution < 1.29 is 9.59 Å². The largest absolute Gasteiger partial charge is 0.302 e. The van der Waals surface area contributed by atoms with Crippen molar-refractivity contribution in [1.29, 1.82) is 0 Å². The minimum atomic E-state index is -0.734. The number of thiol groups is 1. The Morgan fingerprint density at radius 1 is 1.13 bits per heavy atom. The molecule has 0 aromatic heterocycles. The summed E-state index contributed by atoms with van der Waals surface area (Å²) in [5.41, 5.74) is 0.364. The first-order valence-electron chi connectivity index (χ1n) is 4.77. The molecule has 1 aliphatic rings. The minimum absolute atomic E-state index is 0.706. The fraction of sp³-hybridized carbons (Fsp3) is 0.333. The molecule has 2 unspecified atom stereocenters. The Morgan fingerprint density at radius 3 is 2.27 bits per heavy atom. The number of carbonyl (C=O) groups is 2. The summed E-state index contributed by atoms with van der Waals surface area (Å²) in [6.07, 6.45) is 1.71. The SMILES string of the molecule is CC1(C=O)c2cccc(S)c2C1(C)C=O. The monoisotopic (exact) mass is 220 g/mol. The van der Waals surface area contributed by atoms with Crippen LogP contribution >= 0.6 is 12.6 Å². The second-order valence-electron chi connectivity index (χ2n) is 4.34. The van der Waals surface area contributed by atoms with Gasteiger partial charge >= 0.3 is 0 Å². The van der Waals surface area contributed by atoms with Gasteiger partial charge in [-0.25, -0.2) is 0 Å². The van der Waals surface area contributed by atoms with Crippen LogP contribution in [0.4, 0.5) is 0 Å². The molecule has 0 aliphatic heterocycles. The Morgan fingerprint density at radius 2 is 1.73 bits per heavy atom. The predicted molar refractivity (Wildman–Crippen MR) is 60.5 cm³/mol. The third kappa shape index (κ3) is 0.965. The Balaban J connectivity index is 2.76. The molecule has 0 spiro atoms. The van der Waals surface area contributed by atoms with Gasteiger partial charge < -0.3 is 9.59 Å². The van der Waals surface area contributed by atoms with Gasteiger partial charge in [-0.1, -0.05) is 12.1 Å². The zero-order chi connectivity index (χ0) is 11.3. The van der Waals surface area contributed by atoms with Crippen LogP contribution in [-0.4, -0.2) is 12.6 Å². The van der Waals surface area contributed by atoms with Crippen LogP contribution in [-0.2, 0) is 20.4 Å². The summed E-state index contributed by atoms with van der Waals surface area (Å²) in [6, 6.07) is 5.58. The van der Waals surface area contributed by atoms with E-state index in [2.05, 4.69) is 12.6 Å². The maximum Gasteiger partial charge on any atom is 0.131 e. The molecule has 0 saturated heterocycles. The lowest BCUT2D eigenvalue weighted by molar-refractivity contribution is -0.124. The van der Waals surface area contributed by atoms with E-state index in [1.54, 1.807) is 13.8 Å². The zero-order valence-corrected chi connectivity index (χ0v) is 9.54. The minimum Gasteiger partial charge on any atom is -0.302 e. The van der Waals surface area contributed by atoms with Gasteiger partial charge in [-0.05, 0) is 31.0 Å². The average molecular weight is 220 g/mol. The first-order chi connectivity index (χ1) is 7.01. The van der Waals surface area contributed by atoms with Crippen LogP contribution in [0.2, 0.25) is 0 Å². The van der Waals surface area contributed by atoms with Crippen molar-refractivity contribution in [3.8, 4) is 0 Å². The first-order valence-corrected chi connectivity index (χ1v) is 5.21. The summed E-state index contributed by atoms with van der Waals surface area (Å²) in [5, 5.41) is 0. The molecule has 2 rings (SSSR count). The van der Waals surface area contributed by atoms with Gasteiger partial charge in [0.15, 0.2) is 0 Å². The highest BCUT2D eigenvalue weighted by Gasteiger charge is 2.58. The van der Waals surface area contributed by atoms with E-state index in [9.17, 15) is 9.59 Å². The third-order valence-corrected chi connectivity index (χ3v) is 4.04. The summed E-state index contributed by atoms with van der Waals surface area (Å²) in [4.78, 5) is 23.2. The summed E-state index contributed by atoms with van der Waals surface area (Å²) in [7, 11) is 0. The molecule has 3 heteroatoms. The molecule has 0 fully saturated rings. The number of hydrogen-bond donors (Lipinski definition) is 1. The van der Waals surface area contributed by atoms with Crippen LogP contribution in [0.15, 0.2) is 23.1 Å². The summed E-state index contributed by atoms with van der Waals surface area (Å²) in [6.45, 7) is 3.58. The molecular weight excluding hydrogens is 208 g/mol. The van der Waals surface area contributed by atoms with Crippen LogP contribution in [0.3, 0.4) is 0 Å². The van der Waals surface area contributed by atoms with Crippen LogP contribution in [0.25, 0.3) is 0 Å². The van der Waals surface area contributed by atoms with Crippen molar-refractivity contribution in [1.82, 2.24) is 0 Å². The number of aldehydes is 2. The van der Waals surface area contributed by atoms with Crippen molar-refractivity contribution in [2.75, 3.05) is 0 Å². The van der Waals surface area contributed by atoms with Gasteiger partial charge in [0.1, 0.15) is 12.6 Å². The summed E-state index contributed by atoms with van der Waals surface area (Å²) in [5.74, 6) is 0. The van der Waals surface area contributed by atoms with Gasteiger partial charge in [0.25, 0.3) is 0 Å². The average Bonchev–Trinajstić information content (AvgIpc) is 2.26. The lowest BCUT2D eigenvalue weighted by atomic mass is 9.49. The number of carbonyl (C=O) groups excluding carboxylic acids is 2. The van der Waals surface area contributed by atoms with Crippen LogP contribution in [0.1, 0.15) is 25.0 Å². The molecule has 78 valence electrons. The van der Waals surface area contributed by atoms with Crippen molar-refractivity contribution in [3.05, 3.63) is 29.3 Å². The predicted octanol–water partition coefficient (Wildman–Crippen LogP) is 1.90. The van der Waals surface area contributed by atoms with E-state index in [1.165, 1.54) is 0 Å². The number of benzene rings is 1. The molecule has 0 amide bonds. The summed E-state index contributed by atoms with van der Waals surface area (Å²) < 4.78 is 0. The van der Waals surface area contributed by atoms with Gasteiger partial charge in [0.2, 0.25) is 0 Å². The maximum atomic E-state index is 11.2. The standard InChI is InChI=1S/C12H12O2S/c1-11(6-13)8-4-3-5-9(15)10(8)12(11,2)7-14/h3-7,15H,1-2H3. The number of rotatable bonds is 2. The van der Waals surface area contributed by atoms with E-state index in [4.69, 9.17) is 0 Å². The molecule has 0 heterocycles. The summed E-state index contributed by atoms with van der Waals surface area (Å²) >= 11 is 4.33. The van der Waals surface area contributed by atoms with Crippen molar-refractivity contribution >= 4 is 25.2 Å². The van der Waals surface area contributed by atoms with E-state index < -0.39 is 10.8 Å². The molecule has 1 aromatic rings. The van der Waals surface area contributed by atoms with E-state index in [1.807, 2.05) is 18.2 Å². The third-order valence-electron chi connectivity index (χ3n) is 3.67. The Hall–Kier alpha value is -1.09. The van der Waals surface area contributed by atoms with E-state index in [-0.39, 0.29) is 0 Å². The smallest absolute Gasteiger partial charge is 0.131 e. The maximum absolute atomic E-state index is 11.2. The fourth-order valence-electron chi connectivity index (χ4n) is 2.36. The van der Waals surface area contributed by atoms with Gasteiger partial charge in [-0.3, -0.25) is 0 Å². The van der Waals surface area contributed by atoms with Crippen molar-refractivity contribution in [3.63, 3.8) is 0 Å². The quantitative estimate of drug-likeness (QED) is 0.610. The van der Waals surface area contributed by atoms with Gasteiger partial charge in [0, 0.05) is 4.90 Å². The van der Waals surface area contributed by atoms with E-state index in [0.717, 1.165) is 28.6 Å². The normalized spacial score (nSPS) is 32.7. The Bertz CT molecular complexity index is 455. The molecule has 2 nitrogen and oxygen atoms in total. The van der Waals surface area contributed by atoms with Gasteiger partial charge in [0.05, 0.1) is 10.8 Å². The molecular formula is C12H12O2S. The lowest BCUT2D eigenvalue weighted by Gasteiger charge is -2.51. The highest BCUT2D eigenvalue weighted by Crippen LogP contribution is 2.55. The molecule has 0 bridgehead atoms. The fourth-order valence-corrected chi connectivity index (χ4v) is 2.80. The van der Waals surface area contributed by atoms with Crippen molar-refractivity contribution in [2.24, 2.45) is 0 Å². The van der Waals surface area contributed by atoms with Crippen molar-refractivity contribution in [2.45, 2.75) is 29.6 Å². The van der Waals surface area contributed by atoms with Gasteiger partial charge in [-0.2, -0.15) is 0 Å². The van der Waals surface area contributed by atoms with E-state index >= 15 is 0 Å². The zero-order valence-electron chi connectivity index (χ0n) is 8.65. The molecule has 0 radical (unpaired) electrons. The second-order valence-corrected chi connectivity index (χ2v) is 4.82. The molecule has 0 N–H and O–H groups in total. The second kappa shape index (κ2) is 2.95. The molecule has 1 aromatic carbocycles.